The third-order valence-electron chi connectivity index (χ3n) is 5.16. The van der Waals surface area contributed by atoms with Gasteiger partial charge in [-0.15, -0.1) is 16.4 Å². The quantitative estimate of drug-likeness (QED) is 0.536. The number of hydrazone groups is 1. The molecule has 4 nitrogen and oxygen atoms in total. The molecule has 0 radical (unpaired) electrons. The molecule has 3 aromatic rings. The van der Waals surface area contributed by atoms with E-state index in [0.717, 1.165) is 22.7 Å². The number of carbonyl (C=O) groups is 1. The smallest absolute Gasteiger partial charge is 0.198 e. The number of Topliss-reactive ketones (excluding diaryl/α,β-unsaturated/α-hetero) is 1. The van der Waals surface area contributed by atoms with Crippen molar-refractivity contribution in [3.05, 3.63) is 81.5 Å². The van der Waals surface area contributed by atoms with Crippen LogP contribution in [0.2, 0.25) is 0 Å². The molecular formula is C24H25N3OS. The second-order valence-corrected chi connectivity index (χ2v) is 8.69. The summed E-state index contributed by atoms with van der Waals surface area (Å²) in [4.78, 5) is 17.0. The highest BCUT2D eigenvalue weighted by atomic mass is 32.1. The predicted octanol–water partition coefficient (Wildman–Crippen LogP) is 5.86. The molecule has 5 heteroatoms. The van der Waals surface area contributed by atoms with Gasteiger partial charge in [0.15, 0.2) is 17.8 Å². The number of rotatable bonds is 5. The summed E-state index contributed by atoms with van der Waals surface area (Å²) >= 11 is 1.74. The molecule has 0 amide bonds. The number of anilines is 2. The zero-order chi connectivity index (χ0) is 20.5. The van der Waals surface area contributed by atoms with Gasteiger partial charge in [0.2, 0.25) is 0 Å². The Kier molecular flexibility index (Phi) is 5.24. The van der Waals surface area contributed by atoms with Crippen LogP contribution in [0, 0.1) is 13.8 Å². The third kappa shape index (κ3) is 3.70. The van der Waals surface area contributed by atoms with Crippen molar-refractivity contribution >= 4 is 34.3 Å². The monoisotopic (exact) mass is 403 g/mol. The fraction of sp³-hybridized carbons (Fsp3) is 0.250. The van der Waals surface area contributed by atoms with Crippen molar-refractivity contribution in [1.29, 1.82) is 0 Å². The van der Waals surface area contributed by atoms with Gasteiger partial charge in [-0.25, -0.2) is 5.01 Å². The highest BCUT2D eigenvalue weighted by Gasteiger charge is 2.39. The number of nitrogens with zero attached hydrogens (tertiary/aromatic N) is 3. The fourth-order valence-electron chi connectivity index (χ4n) is 3.56. The van der Waals surface area contributed by atoms with Gasteiger partial charge in [-0.3, -0.25) is 9.69 Å². The number of ketones is 1. The number of thiophene rings is 1. The molecule has 0 N–H and O–H groups in total. The van der Waals surface area contributed by atoms with Crippen LogP contribution in [0.3, 0.4) is 0 Å². The van der Waals surface area contributed by atoms with Crippen LogP contribution in [0.5, 0.6) is 0 Å². The first-order valence-corrected chi connectivity index (χ1v) is 10.7. The Hall–Kier alpha value is -2.92. The minimum absolute atomic E-state index is 0.0440. The maximum Gasteiger partial charge on any atom is 0.198 e. The molecule has 4 rings (SSSR count). The molecule has 0 saturated carbocycles. The topological polar surface area (TPSA) is 35.9 Å². The number of aryl methyl sites for hydroxylation is 3. The van der Waals surface area contributed by atoms with Crippen LogP contribution in [0.1, 0.15) is 40.9 Å². The van der Waals surface area contributed by atoms with Gasteiger partial charge in [-0.05, 0) is 62.2 Å². The van der Waals surface area contributed by atoms with E-state index in [0.29, 0.717) is 5.84 Å². The Morgan fingerprint density at radius 1 is 0.966 bits per heavy atom. The van der Waals surface area contributed by atoms with Crippen LogP contribution < -0.4 is 9.91 Å². The van der Waals surface area contributed by atoms with Crippen molar-refractivity contribution < 1.29 is 4.79 Å². The van der Waals surface area contributed by atoms with E-state index >= 15 is 0 Å². The van der Waals surface area contributed by atoms with Crippen molar-refractivity contribution in [3.8, 4) is 0 Å². The summed E-state index contributed by atoms with van der Waals surface area (Å²) in [6, 6.07) is 21.0. The van der Waals surface area contributed by atoms with E-state index in [-0.39, 0.29) is 11.9 Å². The van der Waals surface area contributed by atoms with Gasteiger partial charge >= 0.3 is 0 Å². The van der Waals surface area contributed by atoms with Gasteiger partial charge < -0.3 is 0 Å². The summed E-state index contributed by atoms with van der Waals surface area (Å²) in [5.74, 6) is 0.420. The first kappa shape index (κ1) is 19.4. The zero-order valence-corrected chi connectivity index (χ0v) is 18.0. The van der Waals surface area contributed by atoms with E-state index in [1.807, 2.05) is 5.01 Å². The van der Waals surface area contributed by atoms with Crippen LogP contribution >= 0.6 is 11.3 Å². The molecule has 0 spiro atoms. The summed E-state index contributed by atoms with van der Waals surface area (Å²) in [6.07, 6.45) is 0.791. The van der Waals surface area contributed by atoms with E-state index < -0.39 is 0 Å². The van der Waals surface area contributed by atoms with Gasteiger partial charge in [-0.1, -0.05) is 36.8 Å². The molecule has 1 aromatic heterocycles. The van der Waals surface area contributed by atoms with E-state index in [2.05, 4.69) is 86.3 Å². The molecule has 0 saturated heterocycles. The number of carbonyl (C=O) groups excluding carboxylic acids is 1. The van der Waals surface area contributed by atoms with Crippen molar-refractivity contribution in [2.75, 3.05) is 9.91 Å². The SMILES string of the molecule is CCc1ccc(N2C(C(C)=O)=NN(c3ccc(C)cc3)C2c2ccc(C)s2)cc1. The molecule has 0 bridgehead atoms. The van der Waals surface area contributed by atoms with Gasteiger partial charge in [-0.2, -0.15) is 0 Å². The van der Waals surface area contributed by atoms with Gasteiger partial charge in [0.05, 0.1) is 5.69 Å². The molecule has 0 aliphatic carbocycles. The summed E-state index contributed by atoms with van der Waals surface area (Å²) in [7, 11) is 0. The number of hydrogen-bond acceptors (Lipinski definition) is 5. The second-order valence-electron chi connectivity index (χ2n) is 7.37. The normalized spacial score (nSPS) is 16.3. The molecule has 0 fully saturated rings. The summed E-state index contributed by atoms with van der Waals surface area (Å²) < 4.78 is 0. The lowest BCUT2D eigenvalue weighted by atomic mass is 10.1. The van der Waals surface area contributed by atoms with Crippen LogP contribution in [-0.4, -0.2) is 11.6 Å². The molecule has 1 atom stereocenters. The zero-order valence-electron chi connectivity index (χ0n) is 17.2. The second kappa shape index (κ2) is 7.84. The maximum absolute atomic E-state index is 12.6. The molecule has 148 valence electrons. The first-order valence-electron chi connectivity index (χ1n) is 9.88. The molecule has 1 unspecified atom stereocenters. The van der Waals surface area contributed by atoms with E-state index in [1.165, 1.54) is 16.0 Å². The molecular weight excluding hydrogens is 378 g/mol. The van der Waals surface area contributed by atoms with Crippen molar-refractivity contribution in [2.45, 2.75) is 40.3 Å². The Morgan fingerprint density at radius 2 is 1.62 bits per heavy atom. The summed E-state index contributed by atoms with van der Waals surface area (Å²) in [5.41, 5.74) is 4.41. The molecule has 1 aliphatic heterocycles. The summed E-state index contributed by atoms with van der Waals surface area (Å²) in [6.45, 7) is 7.90. The molecule has 29 heavy (non-hydrogen) atoms. The van der Waals surface area contributed by atoms with Gasteiger partial charge in [0.1, 0.15) is 0 Å². The van der Waals surface area contributed by atoms with Gasteiger partial charge in [0, 0.05) is 22.4 Å². The average molecular weight is 404 g/mol. The lowest BCUT2D eigenvalue weighted by Gasteiger charge is -2.31. The maximum atomic E-state index is 12.6. The predicted molar refractivity (Wildman–Crippen MR) is 122 cm³/mol. The van der Waals surface area contributed by atoms with Crippen LogP contribution in [0.25, 0.3) is 0 Å². The Balaban J connectivity index is 1.86. The Labute approximate surface area is 176 Å². The van der Waals surface area contributed by atoms with Crippen LogP contribution in [-0.2, 0) is 11.2 Å². The minimum Gasteiger partial charge on any atom is -0.294 e. The number of benzene rings is 2. The Morgan fingerprint density at radius 3 is 2.17 bits per heavy atom. The summed E-state index contributed by atoms with van der Waals surface area (Å²) in [5, 5.41) is 6.76. The number of amidine groups is 1. The van der Waals surface area contributed by atoms with E-state index in [4.69, 9.17) is 5.10 Å². The highest BCUT2D eigenvalue weighted by Crippen LogP contribution is 2.41. The van der Waals surface area contributed by atoms with Crippen molar-refractivity contribution in [2.24, 2.45) is 5.10 Å². The molecule has 1 aliphatic rings. The molecule has 2 heterocycles. The first-order chi connectivity index (χ1) is 14.0. The van der Waals surface area contributed by atoms with Crippen molar-refractivity contribution in [1.82, 2.24) is 0 Å². The third-order valence-corrected chi connectivity index (χ3v) is 6.20. The van der Waals surface area contributed by atoms with Gasteiger partial charge in [0.25, 0.3) is 0 Å². The standard InChI is InChI=1S/C24H25N3OS/c1-5-19-9-13-20(14-10-19)26-23(18(4)28)25-27(21-11-6-16(2)7-12-21)24(26)22-15-8-17(3)29-22/h6-15,24H,5H2,1-4H3. The number of hydrogen-bond donors (Lipinski definition) is 0. The fourth-order valence-corrected chi connectivity index (χ4v) is 4.52. The van der Waals surface area contributed by atoms with Crippen LogP contribution in [0.4, 0.5) is 11.4 Å². The largest absolute Gasteiger partial charge is 0.294 e. The Bertz CT molecular complexity index is 1050. The average Bonchev–Trinajstić information content (AvgIpc) is 3.32. The minimum atomic E-state index is -0.192. The molecule has 2 aromatic carbocycles. The van der Waals surface area contributed by atoms with E-state index in [9.17, 15) is 4.79 Å². The van der Waals surface area contributed by atoms with E-state index in [1.54, 1.807) is 18.3 Å². The highest BCUT2D eigenvalue weighted by molar-refractivity contribution is 7.12. The van der Waals surface area contributed by atoms with Crippen molar-refractivity contribution in [3.63, 3.8) is 0 Å². The van der Waals surface area contributed by atoms with Crippen LogP contribution in [0.15, 0.2) is 65.8 Å². The lowest BCUT2D eigenvalue weighted by Crippen LogP contribution is -2.37. The lowest BCUT2D eigenvalue weighted by molar-refractivity contribution is -0.111.